The fourth-order valence-electron chi connectivity index (χ4n) is 2.82. The summed E-state index contributed by atoms with van der Waals surface area (Å²) in [4.78, 5) is 35.1. The molecular formula is C21H15Cl2N3O6S. The number of hydrazone groups is 1. The van der Waals surface area contributed by atoms with Crippen LogP contribution >= 0.6 is 34.5 Å². The average molecular weight is 508 g/mol. The first kappa shape index (κ1) is 24.2. The highest BCUT2D eigenvalue weighted by molar-refractivity contribution is 7.14. The summed E-state index contributed by atoms with van der Waals surface area (Å²) < 4.78 is 4.51. The van der Waals surface area contributed by atoms with Gasteiger partial charge in [0.15, 0.2) is 0 Å². The predicted octanol–water partition coefficient (Wildman–Crippen LogP) is 5.28. The van der Waals surface area contributed by atoms with Gasteiger partial charge in [-0.05, 0) is 36.8 Å². The van der Waals surface area contributed by atoms with Gasteiger partial charge in [0.25, 0.3) is 11.6 Å². The molecule has 0 bridgehead atoms. The number of nitro groups is 1. The molecule has 3 aromatic rings. The molecule has 2 N–H and O–H groups in total. The van der Waals surface area contributed by atoms with E-state index < -0.39 is 22.5 Å². The van der Waals surface area contributed by atoms with Crippen molar-refractivity contribution >= 4 is 57.8 Å². The molecule has 9 nitrogen and oxygen atoms in total. The summed E-state index contributed by atoms with van der Waals surface area (Å²) in [7, 11) is 1.09. The summed E-state index contributed by atoms with van der Waals surface area (Å²) in [5.41, 5.74) is 2.68. The highest BCUT2D eigenvalue weighted by atomic mass is 35.5. The number of esters is 1. The molecule has 1 heterocycles. The van der Waals surface area contributed by atoms with Crippen molar-refractivity contribution in [2.24, 2.45) is 5.10 Å². The second-order valence-corrected chi connectivity index (χ2v) is 8.27. The molecular weight excluding hydrogens is 493 g/mol. The maximum absolute atomic E-state index is 12.4. The van der Waals surface area contributed by atoms with Gasteiger partial charge in [0, 0.05) is 17.0 Å². The molecule has 0 aliphatic heterocycles. The zero-order chi connectivity index (χ0) is 24.3. The number of amides is 1. The van der Waals surface area contributed by atoms with Crippen LogP contribution in [0.2, 0.25) is 10.0 Å². The number of nitrogens with zero attached hydrogens (tertiary/aromatic N) is 2. The fraction of sp³-hybridized carbons (Fsp3) is 0.0952. The Morgan fingerprint density at radius 1 is 1.15 bits per heavy atom. The van der Waals surface area contributed by atoms with Crippen molar-refractivity contribution in [1.29, 1.82) is 0 Å². The molecule has 1 amide bonds. The van der Waals surface area contributed by atoms with Crippen LogP contribution < -0.4 is 5.43 Å². The number of rotatable bonds is 6. The number of carbonyl (C=O) groups excluding carboxylic acids is 2. The van der Waals surface area contributed by atoms with Crippen molar-refractivity contribution in [2.75, 3.05) is 7.11 Å². The predicted molar refractivity (Wildman–Crippen MR) is 126 cm³/mol. The van der Waals surface area contributed by atoms with Gasteiger partial charge in [-0.15, -0.1) is 11.3 Å². The fourth-order valence-corrected chi connectivity index (χ4v) is 4.12. The van der Waals surface area contributed by atoms with Crippen LogP contribution in [0.4, 0.5) is 5.69 Å². The zero-order valence-electron chi connectivity index (χ0n) is 17.1. The van der Waals surface area contributed by atoms with E-state index in [2.05, 4.69) is 15.3 Å². The van der Waals surface area contributed by atoms with E-state index in [0.717, 1.165) is 19.2 Å². The number of benzene rings is 2. The first-order chi connectivity index (χ1) is 15.6. The highest BCUT2D eigenvalue weighted by Crippen LogP contribution is 2.40. The minimum Gasteiger partial charge on any atom is -0.506 e. The number of methoxy groups -OCH3 is 1. The number of nitro benzene ring substituents is 1. The van der Waals surface area contributed by atoms with Crippen LogP contribution in [0.5, 0.6) is 5.75 Å². The topological polar surface area (TPSA) is 131 Å². The van der Waals surface area contributed by atoms with Crippen molar-refractivity contribution in [3.63, 3.8) is 0 Å². The Bertz CT molecular complexity index is 1310. The minimum absolute atomic E-state index is 0.0491. The first-order valence-electron chi connectivity index (χ1n) is 9.11. The zero-order valence-corrected chi connectivity index (χ0v) is 19.4. The summed E-state index contributed by atoms with van der Waals surface area (Å²) >= 11 is 13.2. The van der Waals surface area contributed by atoms with Gasteiger partial charge in [-0.1, -0.05) is 29.3 Å². The normalized spacial score (nSPS) is 11.2. The van der Waals surface area contributed by atoms with E-state index in [0.29, 0.717) is 31.8 Å². The van der Waals surface area contributed by atoms with Crippen molar-refractivity contribution in [1.82, 2.24) is 5.43 Å². The van der Waals surface area contributed by atoms with Crippen LogP contribution in [0.1, 0.15) is 33.2 Å². The lowest BCUT2D eigenvalue weighted by Gasteiger charge is -2.05. The maximum Gasteiger partial charge on any atom is 0.344 e. The number of carbonyl (C=O) groups is 2. The number of nitrogens with one attached hydrogen (secondary N) is 1. The second kappa shape index (κ2) is 9.99. The van der Waals surface area contributed by atoms with Crippen LogP contribution in [0, 0.1) is 10.1 Å². The molecule has 1 aromatic heterocycles. The Morgan fingerprint density at radius 3 is 2.52 bits per heavy atom. The number of aromatic hydroxyl groups is 1. The van der Waals surface area contributed by atoms with Gasteiger partial charge >= 0.3 is 5.97 Å². The van der Waals surface area contributed by atoms with Crippen molar-refractivity contribution in [2.45, 2.75) is 6.92 Å². The molecule has 2 aromatic carbocycles. The lowest BCUT2D eigenvalue weighted by Crippen LogP contribution is -2.20. The van der Waals surface area contributed by atoms with E-state index >= 15 is 0 Å². The highest BCUT2D eigenvalue weighted by Gasteiger charge is 2.23. The molecule has 3 rings (SSSR count). The molecule has 0 aliphatic carbocycles. The molecule has 0 spiro atoms. The Morgan fingerprint density at radius 2 is 1.88 bits per heavy atom. The number of hydrogen-bond donors (Lipinski definition) is 2. The van der Waals surface area contributed by atoms with E-state index in [9.17, 15) is 24.8 Å². The lowest BCUT2D eigenvalue weighted by atomic mass is 10.1. The standard InChI is InChI=1S/C21H15Cl2N3O6S/c1-10(14-9-33-19(18(14)27)11-4-6-15(22)16(23)7-11)24-25-20(28)12-3-5-13(21(29)32-2)17(8-12)26(30)31/h3-9,27H,1-2H3,(H,25,28). The molecule has 0 saturated heterocycles. The SMILES string of the molecule is COC(=O)c1ccc(C(=O)NN=C(C)c2csc(-c3ccc(Cl)c(Cl)c3)c2O)cc1[N+](=O)[O-]. The van der Waals surface area contributed by atoms with E-state index in [4.69, 9.17) is 23.2 Å². The van der Waals surface area contributed by atoms with Crippen LogP contribution in [-0.2, 0) is 4.74 Å². The largest absolute Gasteiger partial charge is 0.506 e. The molecule has 33 heavy (non-hydrogen) atoms. The van der Waals surface area contributed by atoms with Gasteiger partial charge in [0.2, 0.25) is 0 Å². The monoisotopic (exact) mass is 507 g/mol. The molecule has 170 valence electrons. The molecule has 12 heteroatoms. The van der Waals surface area contributed by atoms with Gasteiger partial charge in [0.05, 0.1) is 38.2 Å². The second-order valence-electron chi connectivity index (χ2n) is 6.57. The van der Waals surface area contributed by atoms with E-state index in [-0.39, 0.29) is 16.9 Å². The smallest absolute Gasteiger partial charge is 0.344 e. The van der Waals surface area contributed by atoms with Crippen LogP contribution in [0.15, 0.2) is 46.9 Å². The Kier molecular flexibility index (Phi) is 7.32. The quantitative estimate of drug-likeness (QED) is 0.202. The van der Waals surface area contributed by atoms with Crippen LogP contribution in [0.3, 0.4) is 0 Å². The molecule has 0 aliphatic rings. The molecule has 0 atom stereocenters. The van der Waals surface area contributed by atoms with Crippen LogP contribution in [0.25, 0.3) is 10.4 Å². The first-order valence-corrected chi connectivity index (χ1v) is 10.7. The number of halogens is 2. The lowest BCUT2D eigenvalue weighted by molar-refractivity contribution is -0.385. The summed E-state index contributed by atoms with van der Waals surface area (Å²) in [6.45, 7) is 1.57. The Hall–Kier alpha value is -3.47. The third kappa shape index (κ3) is 5.14. The van der Waals surface area contributed by atoms with Gasteiger partial charge < -0.3 is 9.84 Å². The van der Waals surface area contributed by atoms with Gasteiger partial charge in [-0.3, -0.25) is 14.9 Å². The number of ether oxygens (including phenoxy) is 1. The van der Waals surface area contributed by atoms with Gasteiger partial charge in [-0.2, -0.15) is 5.10 Å². The third-order valence-electron chi connectivity index (χ3n) is 4.52. The van der Waals surface area contributed by atoms with E-state index in [1.807, 2.05) is 0 Å². The summed E-state index contributed by atoms with van der Waals surface area (Å²) in [5.74, 6) is -1.69. The van der Waals surface area contributed by atoms with Gasteiger partial charge in [-0.25, -0.2) is 10.2 Å². The van der Waals surface area contributed by atoms with E-state index in [1.54, 1.807) is 30.5 Å². The molecule has 0 fully saturated rings. The Balaban J connectivity index is 1.83. The van der Waals surface area contributed by atoms with Gasteiger partial charge in [0.1, 0.15) is 11.3 Å². The molecule has 0 saturated carbocycles. The number of thiophene rings is 1. The number of hydrogen-bond acceptors (Lipinski definition) is 8. The van der Waals surface area contributed by atoms with Crippen molar-refractivity contribution in [3.05, 3.63) is 78.6 Å². The third-order valence-corrected chi connectivity index (χ3v) is 6.28. The summed E-state index contributed by atoms with van der Waals surface area (Å²) in [5, 5.41) is 28.2. The Labute approximate surface area is 201 Å². The molecule has 0 unspecified atom stereocenters. The average Bonchev–Trinajstić information content (AvgIpc) is 3.19. The summed E-state index contributed by atoms with van der Waals surface area (Å²) in [6, 6.07) is 8.27. The molecule has 0 radical (unpaired) electrons. The van der Waals surface area contributed by atoms with Crippen LogP contribution in [-0.4, -0.2) is 34.7 Å². The minimum atomic E-state index is -0.895. The van der Waals surface area contributed by atoms with Crippen molar-refractivity contribution in [3.8, 4) is 16.2 Å². The summed E-state index contributed by atoms with van der Waals surface area (Å²) in [6.07, 6.45) is 0. The van der Waals surface area contributed by atoms with Crippen molar-refractivity contribution < 1.29 is 24.4 Å². The maximum atomic E-state index is 12.4. The van der Waals surface area contributed by atoms with E-state index in [1.165, 1.54) is 17.4 Å².